The van der Waals surface area contributed by atoms with Gasteiger partial charge in [-0.2, -0.15) is 10.2 Å². The number of aromatic nitrogens is 12. The van der Waals surface area contributed by atoms with Gasteiger partial charge in [-0.25, -0.2) is 15.0 Å². The van der Waals surface area contributed by atoms with E-state index in [4.69, 9.17) is 0 Å². The summed E-state index contributed by atoms with van der Waals surface area (Å²) in [6.45, 7) is 41.9. The average Bonchev–Trinajstić information content (AvgIpc) is 4.18. The number of rotatable bonds is 0. The minimum absolute atomic E-state index is 0.968. The topological polar surface area (TPSA) is 169 Å². The van der Waals surface area contributed by atoms with Crippen LogP contribution in [0, 0.1) is 48.5 Å². The summed E-state index contributed by atoms with van der Waals surface area (Å²) < 4.78 is 0. The molecule has 0 spiro atoms. The number of pyridine rings is 2. The third-order valence-corrected chi connectivity index (χ3v) is 4.84. The van der Waals surface area contributed by atoms with E-state index >= 15 is 0 Å². The highest BCUT2D eigenvalue weighted by Crippen LogP contribution is 1.89. The Balaban J connectivity index is -0.0000000996. The standard InChI is InChI=1S/2C6H7N.5C4H6N2.7C2H6/c1-6-2-4-7-5-3-6;1-6-3-2-4-7-5-6;2*1-4-2-5-3-6-4;1-4-2-5-6-3-4;1-4-5-2-3-6-4;1-4-2-3-5-6-4;7*1-2/h2*2-5H,1H3;5*2-3H,1H3,(H,5,6);7*1-2H3. The Morgan fingerprint density at radius 2 is 0.914 bits per heavy atom. The molecule has 0 aromatic carbocycles. The summed E-state index contributed by atoms with van der Waals surface area (Å²) >= 11 is 0. The molecule has 0 bridgehead atoms. The maximum absolute atomic E-state index is 3.88. The highest BCUT2D eigenvalue weighted by Gasteiger charge is 1.77. The fourth-order valence-corrected chi connectivity index (χ4v) is 2.51. The second kappa shape index (κ2) is 63.3. The van der Waals surface area contributed by atoms with E-state index in [-0.39, 0.29) is 0 Å². The molecular weight excluding hydrogens is 721 g/mol. The SMILES string of the molecule is CC.CC.CC.CC.CC.CC.CC.Cc1cccnc1.Cc1ccn[nH]1.Cc1ccncc1.Cc1cn[nH]c1.Cc1cnc[nH]1.Cc1cnc[nH]1.Cc1ncc[nH]1. The molecule has 0 unspecified atom stereocenters. The third kappa shape index (κ3) is 59.6. The summed E-state index contributed by atoms with van der Waals surface area (Å²) in [5.41, 5.74) is 6.97. The number of imidazole rings is 3. The first-order valence-corrected chi connectivity index (χ1v) is 20.8. The van der Waals surface area contributed by atoms with Gasteiger partial charge in [0, 0.05) is 79.1 Å². The molecule has 0 radical (unpaired) electrons. The van der Waals surface area contributed by atoms with Gasteiger partial charge < -0.3 is 15.0 Å². The molecule has 12 nitrogen and oxygen atoms in total. The quantitative estimate of drug-likeness (QED) is 0.102. The number of aryl methyl sites for hydroxylation is 7. The molecule has 0 saturated heterocycles. The number of hydrogen-bond donors (Lipinski definition) is 5. The molecule has 5 N–H and O–H groups in total. The van der Waals surface area contributed by atoms with E-state index in [1.165, 1.54) is 16.7 Å². The number of nitrogens with one attached hydrogen (secondary N) is 5. The van der Waals surface area contributed by atoms with Gasteiger partial charge >= 0.3 is 0 Å². The van der Waals surface area contributed by atoms with E-state index in [0.29, 0.717) is 0 Å². The van der Waals surface area contributed by atoms with E-state index in [9.17, 15) is 0 Å². The molecule has 0 aliphatic rings. The third-order valence-electron chi connectivity index (χ3n) is 4.84. The van der Waals surface area contributed by atoms with Crippen molar-refractivity contribution >= 4 is 0 Å². The van der Waals surface area contributed by atoms with Crippen LogP contribution >= 0.6 is 0 Å². The van der Waals surface area contributed by atoms with Crippen LogP contribution in [-0.4, -0.2) is 60.3 Å². The maximum Gasteiger partial charge on any atom is 0.102 e. The summed E-state index contributed by atoms with van der Waals surface area (Å²) in [6, 6.07) is 9.81. The zero-order chi connectivity index (χ0) is 46.3. The maximum atomic E-state index is 3.88. The van der Waals surface area contributed by atoms with Crippen molar-refractivity contribution in [2.45, 2.75) is 145 Å². The molecule has 0 saturated carbocycles. The van der Waals surface area contributed by atoms with Crippen molar-refractivity contribution in [2.75, 3.05) is 0 Å². The normalized spacial score (nSPS) is 7.40. The van der Waals surface area contributed by atoms with E-state index < -0.39 is 0 Å². The second-order valence-electron chi connectivity index (χ2n) is 9.21. The minimum atomic E-state index is 0.968. The number of H-pyrrole nitrogens is 5. The first-order valence-electron chi connectivity index (χ1n) is 20.8. The van der Waals surface area contributed by atoms with E-state index in [2.05, 4.69) is 60.3 Å². The Labute approximate surface area is 355 Å². The summed E-state index contributed by atoms with van der Waals surface area (Å²) in [4.78, 5) is 27.8. The van der Waals surface area contributed by atoms with Gasteiger partial charge in [0.25, 0.3) is 0 Å². The van der Waals surface area contributed by atoms with Gasteiger partial charge in [-0.15, -0.1) is 0 Å². The van der Waals surface area contributed by atoms with E-state index in [1.54, 1.807) is 68.4 Å². The van der Waals surface area contributed by atoms with Crippen LogP contribution in [-0.2, 0) is 0 Å². The molecule has 7 aromatic rings. The lowest BCUT2D eigenvalue weighted by atomic mass is 10.3. The number of aromatic amines is 5. The first-order chi connectivity index (χ1) is 28.3. The van der Waals surface area contributed by atoms with Crippen LogP contribution in [0.1, 0.15) is 137 Å². The van der Waals surface area contributed by atoms with Crippen LogP contribution in [0.25, 0.3) is 0 Å². The Morgan fingerprint density at radius 3 is 1.05 bits per heavy atom. The van der Waals surface area contributed by atoms with Crippen LogP contribution < -0.4 is 0 Å². The Bertz CT molecular complexity index is 1260. The van der Waals surface area contributed by atoms with Crippen molar-refractivity contribution in [3.05, 3.63) is 151 Å². The summed E-state index contributed by atoms with van der Waals surface area (Å²) in [6.07, 6.45) is 22.9. The molecule has 0 aliphatic heterocycles. The Hall–Kier alpha value is -5.65. The molecule has 330 valence electrons. The summed E-state index contributed by atoms with van der Waals surface area (Å²) in [5, 5.41) is 12.8. The molecule has 0 aliphatic carbocycles. The molecule has 12 heteroatoms. The summed E-state index contributed by atoms with van der Waals surface area (Å²) in [5.74, 6) is 0.968. The van der Waals surface area contributed by atoms with Crippen molar-refractivity contribution in [3.8, 4) is 0 Å². The molecule has 7 aromatic heterocycles. The van der Waals surface area contributed by atoms with Gasteiger partial charge in [0.2, 0.25) is 0 Å². The van der Waals surface area contributed by atoms with Gasteiger partial charge in [0.1, 0.15) is 5.82 Å². The van der Waals surface area contributed by atoms with Gasteiger partial charge in [0.15, 0.2) is 0 Å². The Morgan fingerprint density at radius 1 is 0.397 bits per heavy atom. The molecule has 7 heterocycles. The molecule has 0 fully saturated rings. The lowest BCUT2D eigenvalue weighted by Gasteiger charge is -1.82. The van der Waals surface area contributed by atoms with Gasteiger partial charge in [-0.05, 0) is 89.4 Å². The Kier molecular flexibility index (Phi) is 73.2. The van der Waals surface area contributed by atoms with Gasteiger partial charge in [-0.1, -0.05) is 103 Å². The van der Waals surface area contributed by atoms with E-state index in [1.807, 2.05) is 188 Å². The first kappa shape index (κ1) is 67.1. The number of nitrogens with zero attached hydrogens (tertiary/aromatic N) is 7. The van der Waals surface area contributed by atoms with Crippen LogP contribution in [0.4, 0.5) is 0 Å². The van der Waals surface area contributed by atoms with Crippen molar-refractivity contribution in [1.29, 1.82) is 0 Å². The zero-order valence-electron chi connectivity index (χ0n) is 40.5. The lowest BCUT2D eigenvalue weighted by Crippen LogP contribution is -1.69. The van der Waals surface area contributed by atoms with Crippen LogP contribution in [0.15, 0.2) is 111 Å². The summed E-state index contributed by atoms with van der Waals surface area (Å²) in [7, 11) is 0. The number of hydrogen-bond acceptors (Lipinski definition) is 7. The van der Waals surface area contributed by atoms with Crippen molar-refractivity contribution in [2.24, 2.45) is 0 Å². The molecule has 58 heavy (non-hydrogen) atoms. The fourth-order valence-electron chi connectivity index (χ4n) is 2.51. The smallest absolute Gasteiger partial charge is 0.102 e. The molecular formula is C46H86N12. The van der Waals surface area contributed by atoms with Gasteiger partial charge in [0.05, 0.1) is 18.9 Å². The zero-order valence-corrected chi connectivity index (χ0v) is 40.5. The monoisotopic (exact) mass is 807 g/mol. The van der Waals surface area contributed by atoms with Crippen molar-refractivity contribution in [1.82, 2.24) is 60.3 Å². The van der Waals surface area contributed by atoms with Crippen molar-refractivity contribution < 1.29 is 0 Å². The minimum Gasteiger partial charge on any atom is -0.349 e. The van der Waals surface area contributed by atoms with Gasteiger partial charge in [-0.3, -0.25) is 20.2 Å². The average molecular weight is 807 g/mol. The molecule has 0 amide bonds. The van der Waals surface area contributed by atoms with E-state index in [0.717, 1.165) is 22.9 Å². The van der Waals surface area contributed by atoms with Crippen LogP contribution in [0.5, 0.6) is 0 Å². The van der Waals surface area contributed by atoms with Crippen LogP contribution in [0.3, 0.4) is 0 Å². The predicted octanol–water partition coefficient (Wildman–Crippen LogP) is 13.6. The predicted molar refractivity (Wildman–Crippen MR) is 254 cm³/mol. The highest BCUT2D eigenvalue weighted by atomic mass is 15.1. The molecule has 7 rings (SSSR count). The highest BCUT2D eigenvalue weighted by molar-refractivity contribution is 5.06. The van der Waals surface area contributed by atoms with Crippen molar-refractivity contribution in [3.63, 3.8) is 0 Å². The second-order valence-corrected chi connectivity index (χ2v) is 9.21. The fraction of sp³-hybridized carbons (Fsp3) is 0.457. The van der Waals surface area contributed by atoms with Crippen LogP contribution in [0.2, 0.25) is 0 Å². The lowest BCUT2D eigenvalue weighted by molar-refractivity contribution is 1.05. The molecule has 0 atom stereocenters. The largest absolute Gasteiger partial charge is 0.349 e.